The minimum absolute atomic E-state index is 0.0851. The summed E-state index contributed by atoms with van der Waals surface area (Å²) in [7, 11) is 0.285. The number of carbonyl (C=O) groups excluding carboxylic acids is 2. The largest absolute Gasteiger partial charge is 0.294 e. The van der Waals surface area contributed by atoms with E-state index in [2.05, 4.69) is 25.6 Å². The molecule has 3 heteroatoms. The Kier molecular flexibility index (Phi) is 9.40. The first-order valence-corrected chi connectivity index (χ1v) is 12.2. The molecule has 158 valence electrons. The molecule has 0 bridgehead atoms. The summed E-state index contributed by atoms with van der Waals surface area (Å²) in [5.41, 5.74) is 4.42. The van der Waals surface area contributed by atoms with Crippen LogP contribution >= 0.6 is 8.58 Å². The molecular weight excluding hydrogens is 387 g/mol. The van der Waals surface area contributed by atoms with E-state index in [4.69, 9.17) is 0 Å². The molecule has 0 heterocycles. The van der Waals surface area contributed by atoms with Crippen molar-refractivity contribution in [1.82, 2.24) is 0 Å². The monoisotopic (exact) mass is 420 g/mol. The molecule has 1 aromatic rings. The summed E-state index contributed by atoms with van der Waals surface area (Å²) < 4.78 is 0. The summed E-state index contributed by atoms with van der Waals surface area (Å²) in [4.78, 5) is 26.3. The van der Waals surface area contributed by atoms with E-state index in [1.54, 1.807) is 6.08 Å². The summed E-state index contributed by atoms with van der Waals surface area (Å²) in [5.74, 6) is 0.132. The highest BCUT2D eigenvalue weighted by molar-refractivity contribution is 7.44. The van der Waals surface area contributed by atoms with Crippen molar-refractivity contribution in [3.63, 3.8) is 0 Å². The third-order valence-electron chi connectivity index (χ3n) is 5.76. The van der Waals surface area contributed by atoms with Gasteiger partial charge < -0.3 is 0 Å². The minimum Gasteiger partial charge on any atom is -0.294 e. The molecule has 2 rings (SSSR count). The molecule has 0 saturated heterocycles. The average molecular weight is 421 g/mol. The number of benzene rings is 1. The van der Waals surface area contributed by atoms with Crippen molar-refractivity contribution in [3.05, 3.63) is 88.8 Å². The van der Waals surface area contributed by atoms with E-state index < -0.39 is 0 Å². The van der Waals surface area contributed by atoms with Crippen molar-refractivity contribution in [2.75, 3.05) is 6.66 Å². The highest BCUT2D eigenvalue weighted by atomic mass is 31.1. The van der Waals surface area contributed by atoms with E-state index in [1.165, 1.54) is 0 Å². The van der Waals surface area contributed by atoms with Gasteiger partial charge in [-0.2, -0.15) is 0 Å². The molecule has 0 N–H and O–H groups in total. The third-order valence-corrected chi connectivity index (χ3v) is 6.78. The second-order valence-corrected chi connectivity index (χ2v) is 8.69. The van der Waals surface area contributed by atoms with Gasteiger partial charge in [0.05, 0.1) is 0 Å². The van der Waals surface area contributed by atoms with Crippen LogP contribution in [0.3, 0.4) is 0 Å². The Morgan fingerprint density at radius 1 is 1.13 bits per heavy atom. The lowest BCUT2D eigenvalue weighted by Gasteiger charge is -2.25. The highest BCUT2D eigenvalue weighted by Gasteiger charge is 2.30. The zero-order chi connectivity index (χ0) is 22.1. The first-order valence-electron chi connectivity index (χ1n) is 10.7. The van der Waals surface area contributed by atoms with Crippen LogP contribution in [0, 0.1) is 5.92 Å². The maximum atomic E-state index is 13.4. The number of ketones is 2. The normalized spacial score (nSPS) is 17.0. The van der Waals surface area contributed by atoms with Crippen molar-refractivity contribution in [1.29, 1.82) is 0 Å². The second kappa shape index (κ2) is 11.8. The number of allylic oxidation sites excluding steroid dienone is 9. The van der Waals surface area contributed by atoms with Crippen molar-refractivity contribution >= 4 is 25.7 Å². The fourth-order valence-electron chi connectivity index (χ4n) is 3.41. The van der Waals surface area contributed by atoms with E-state index in [0.717, 1.165) is 42.4 Å². The molecule has 1 aliphatic rings. The van der Waals surface area contributed by atoms with Gasteiger partial charge in [0.1, 0.15) is 0 Å². The summed E-state index contributed by atoms with van der Waals surface area (Å²) in [5, 5.41) is 0.658. The van der Waals surface area contributed by atoms with E-state index in [9.17, 15) is 9.59 Å². The fraction of sp³-hybridized carbons (Fsp3) is 0.333. The molecule has 1 aromatic carbocycles. The van der Waals surface area contributed by atoms with Gasteiger partial charge in [0.25, 0.3) is 0 Å². The van der Waals surface area contributed by atoms with Crippen LogP contribution in [0.25, 0.3) is 5.57 Å². The molecule has 0 spiro atoms. The zero-order valence-electron chi connectivity index (χ0n) is 18.6. The minimum atomic E-state index is -0.0941. The molecule has 1 aliphatic carbocycles. The molecule has 30 heavy (non-hydrogen) atoms. The van der Waals surface area contributed by atoms with Gasteiger partial charge in [-0.1, -0.05) is 88.7 Å². The number of carbonyl (C=O) groups is 2. The van der Waals surface area contributed by atoms with E-state index >= 15 is 0 Å². The summed E-state index contributed by atoms with van der Waals surface area (Å²) in [6.45, 7) is 11.9. The smallest absolute Gasteiger partial charge is 0.193 e. The maximum Gasteiger partial charge on any atom is 0.193 e. The van der Waals surface area contributed by atoms with Gasteiger partial charge >= 0.3 is 0 Å². The maximum absolute atomic E-state index is 13.4. The van der Waals surface area contributed by atoms with Gasteiger partial charge in [0.15, 0.2) is 11.6 Å². The molecule has 1 fully saturated rings. The Balaban J connectivity index is 2.38. The SMILES string of the molecule is C=C/C(C(=O)C(/C=C\C=C(/C)c1ccccc1)=C(/C)CC)=C(\PC)C(=O)C1CCC1. The lowest BCUT2D eigenvalue weighted by Crippen LogP contribution is -2.24. The third kappa shape index (κ3) is 5.86. The summed E-state index contributed by atoms with van der Waals surface area (Å²) >= 11 is 0. The van der Waals surface area contributed by atoms with Crippen LogP contribution in [0.15, 0.2) is 83.2 Å². The quantitative estimate of drug-likeness (QED) is 0.231. The lowest BCUT2D eigenvalue weighted by molar-refractivity contribution is -0.121. The Morgan fingerprint density at radius 2 is 1.80 bits per heavy atom. The van der Waals surface area contributed by atoms with Gasteiger partial charge in [0, 0.05) is 22.4 Å². The van der Waals surface area contributed by atoms with Crippen LogP contribution in [0.5, 0.6) is 0 Å². The molecule has 0 radical (unpaired) electrons. The fourth-order valence-corrected chi connectivity index (χ4v) is 4.34. The Morgan fingerprint density at radius 3 is 2.30 bits per heavy atom. The zero-order valence-corrected chi connectivity index (χ0v) is 19.6. The van der Waals surface area contributed by atoms with Crippen molar-refractivity contribution in [2.45, 2.75) is 46.5 Å². The van der Waals surface area contributed by atoms with Crippen molar-refractivity contribution in [2.24, 2.45) is 5.92 Å². The van der Waals surface area contributed by atoms with Crippen LogP contribution in [-0.4, -0.2) is 18.2 Å². The molecule has 0 aromatic heterocycles. The number of hydrogen-bond acceptors (Lipinski definition) is 2. The summed E-state index contributed by atoms with van der Waals surface area (Å²) in [6, 6.07) is 10.2. The lowest BCUT2D eigenvalue weighted by atomic mass is 9.81. The van der Waals surface area contributed by atoms with Crippen molar-refractivity contribution in [3.8, 4) is 0 Å². The molecule has 0 aliphatic heterocycles. The van der Waals surface area contributed by atoms with E-state index in [0.29, 0.717) is 16.5 Å². The number of Topliss-reactive ketones (excluding diaryl/α,β-unsaturated/α-hetero) is 2. The van der Waals surface area contributed by atoms with Gasteiger partial charge in [-0.25, -0.2) is 0 Å². The number of rotatable bonds is 10. The van der Waals surface area contributed by atoms with Gasteiger partial charge in [-0.05, 0) is 50.9 Å². The van der Waals surface area contributed by atoms with E-state index in [1.807, 2.05) is 56.9 Å². The Labute approximate surface area is 183 Å². The molecular formula is C27H33O2P. The molecule has 1 saturated carbocycles. The average Bonchev–Trinajstić information content (AvgIpc) is 2.73. The van der Waals surface area contributed by atoms with Crippen LogP contribution < -0.4 is 0 Å². The first kappa shape index (κ1) is 24.0. The van der Waals surface area contributed by atoms with Gasteiger partial charge in [-0.3, -0.25) is 9.59 Å². The molecule has 2 nitrogen and oxygen atoms in total. The molecule has 0 amide bonds. The predicted octanol–water partition coefficient (Wildman–Crippen LogP) is 7.06. The molecule has 1 unspecified atom stereocenters. The Hall–Kier alpha value is -2.31. The highest BCUT2D eigenvalue weighted by Crippen LogP contribution is 2.36. The summed E-state index contributed by atoms with van der Waals surface area (Å²) in [6.07, 6.45) is 11.1. The number of hydrogen-bond donors (Lipinski definition) is 0. The van der Waals surface area contributed by atoms with Crippen LogP contribution in [0.4, 0.5) is 0 Å². The van der Waals surface area contributed by atoms with Gasteiger partial charge in [-0.15, -0.1) is 0 Å². The van der Waals surface area contributed by atoms with Gasteiger partial charge in [0.2, 0.25) is 0 Å². The van der Waals surface area contributed by atoms with Crippen LogP contribution in [0.2, 0.25) is 0 Å². The van der Waals surface area contributed by atoms with Crippen LogP contribution in [0.1, 0.15) is 52.0 Å². The Bertz CT molecular complexity index is 909. The topological polar surface area (TPSA) is 34.1 Å². The predicted molar refractivity (Wildman–Crippen MR) is 131 cm³/mol. The second-order valence-electron chi connectivity index (χ2n) is 7.69. The van der Waals surface area contributed by atoms with E-state index in [-0.39, 0.29) is 26.1 Å². The van der Waals surface area contributed by atoms with Crippen LogP contribution in [-0.2, 0) is 9.59 Å². The van der Waals surface area contributed by atoms with Crippen molar-refractivity contribution < 1.29 is 9.59 Å². The first-order chi connectivity index (χ1) is 14.4. The standard InChI is InChI=1S/C27H33O2P/c1-6-19(3)24(18-11-13-20(4)21-14-9-8-10-15-21)26(29)23(7-2)27(30-5)25(28)22-16-12-17-22/h7-11,13-15,18,22,30H,2,6,12,16-17H2,1,3-5H3/b18-11-,20-13+,24-19-,27-23+. The molecule has 1 atom stereocenters.